The van der Waals surface area contributed by atoms with E-state index < -0.39 is 15.1 Å². The summed E-state index contributed by atoms with van der Waals surface area (Å²) in [4.78, 5) is 9.07. The lowest BCUT2D eigenvalue weighted by Crippen LogP contribution is -2.17. The molecule has 160 valence electrons. The molecule has 0 unspecified atom stereocenters. The first-order valence-electron chi connectivity index (χ1n) is 9.83. The van der Waals surface area contributed by atoms with Crippen LogP contribution in [0.1, 0.15) is 22.1 Å². The molecule has 6 nitrogen and oxygen atoms in total. The van der Waals surface area contributed by atoms with Crippen LogP contribution in [-0.2, 0) is 16.4 Å². The minimum absolute atomic E-state index is 0.0221. The summed E-state index contributed by atoms with van der Waals surface area (Å²) >= 11 is 0. The Morgan fingerprint density at radius 3 is 2.22 bits per heavy atom. The van der Waals surface area contributed by atoms with Crippen molar-refractivity contribution in [1.29, 1.82) is 5.26 Å². The molecule has 4 aromatic rings. The number of benzene rings is 3. The van der Waals surface area contributed by atoms with Gasteiger partial charge in [-0.05, 0) is 48.9 Å². The summed E-state index contributed by atoms with van der Waals surface area (Å²) in [6.07, 6.45) is 0. The highest BCUT2D eigenvalue weighted by Gasteiger charge is 2.33. The molecule has 8 heteroatoms. The summed E-state index contributed by atoms with van der Waals surface area (Å²) in [5.74, 6) is -0.163. The quantitative estimate of drug-likeness (QED) is 0.460. The Hall–Kier alpha value is -3.83. The first-order chi connectivity index (χ1) is 15.4. The van der Waals surface area contributed by atoms with Gasteiger partial charge in [0, 0.05) is 6.54 Å². The van der Waals surface area contributed by atoms with Gasteiger partial charge < -0.3 is 5.32 Å². The fourth-order valence-corrected chi connectivity index (χ4v) is 4.64. The van der Waals surface area contributed by atoms with Crippen LogP contribution in [0.4, 0.5) is 10.2 Å². The van der Waals surface area contributed by atoms with Crippen molar-refractivity contribution < 1.29 is 12.8 Å². The van der Waals surface area contributed by atoms with E-state index in [0.29, 0.717) is 11.0 Å². The Bertz CT molecular complexity index is 1410. The summed E-state index contributed by atoms with van der Waals surface area (Å²) < 4.78 is 39.8. The van der Waals surface area contributed by atoms with Gasteiger partial charge in [-0.25, -0.2) is 22.8 Å². The number of aromatic nitrogens is 2. The molecule has 4 rings (SSSR count). The highest BCUT2D eigenvalue weighted by atomic mass is 32.2. The van der Waals surface area contributed by atoms with Crippen LogP contribution >= 0.6 is 0 Å². The van der Waals surface area contributed by atoms with Gasteiger partial charge in [0.2, 0.25) is 9.84 Å². The van der Waals surface area contributed by atoms with Gasteiger partial charge >= 0.3 is 0 Å². The van der Waals surface area contributed by atoms with Crippen LogP contribution in [0.15, 0.2) is 77.7 Å². The zero-order valence-electron chi connectivity index (χ0n) is 17.2. The minimum Gasteiger partial charge on any atom is -0.364 e. The number of nitrogens with zero attached hydrogens (tertiary/aromatic N) is 3. The van der Waals surface area contributed by atoms with Crippen LogP contribution < -0.4 is 5.32 Å². The van der Waals surface area contributed by atoms with Crippen molar-refractivity contribution in [3.8, 4) is 6.07 Å². The number of nitriles is 1. The molecule has 0 aliphatic carbocycles. The molecule has 1 heterocycles. The second-order valence-electron chi connectivity index (χ2n) is 7.29. The fraction of sp³-hybridized carbons (Fsp3) is 0.125. The third-order valence-electron chi connectivity index (χ3n) is 5.00. The molecule has 0 radical (unpaired) electrons. The van der Waals surface area contributed by atoms with Gasteiger partial charge in [0.05, 0.1) is 22.0 Å². The number of halogens is 1. The van der Waals surface area contributed by atoms with Gasteiger partial charge in [0.1, 0.15) is 11.5 Å². The number of hydrogen-bond donors (Lipinski definition) is 1. The van der Waals surface area contributed by atoms with E-state index in [2.05, 4.69) is 15.3 Å². The zero-order valence-corrected chi connectivity index (χ0v) is 18.0. The van der Waals surface area contributed by atoms with E-state index in [0.717, 1.165) is 11.1 Å². The molecule has 0 fully saturated rings. The van der Waals surface area contributed by atoms with E-state index in [4.69, 9.17) is 0 Å². The molecule has 0 aliphatic rings. The monoisotopic (exact) mass is 446 g/mol. The van der Waals surface area contributed by atoms with Crippen LogP contribution in [0, 0.1) is 24.1 Å². The molecule has 0 saturated heterocycles. The van der Waals surface area contributed by atoms with E-state index in [1.54, 1.807) is 48.5 Å². The SMILES string of the molecule is Cc1ccc(S(=O)(=O)[C@H](C#N)c2nc3ccccc3nc2NCc2ccc(F)cc2)cc1. The molecule has 32 heavy (non-hydrogen) atoms. The largest absolute Gasteiger partial charge is 0.364 e. The molecule has 3 aromatic carbocycles. The van der Waals surface area contributed by atoms with Crippen molar-refractivity contribution in [2.45, 2.75) is 23.6 Å². The Kier molecular flexibility index (Phi) is 5.84. The van der Waals surface area contributed by atoms with Crippen LogP contribution in [0.2, 0.25) is 0 Å². The van der Waals surface area contributed by atoms with E-state index in [1.807, 2.05) is 13.0 Å². The second-order valence-corrected chi connectivity index (χ2v) is 9.33. The molecule has 0 saturated carbocycles. The number of sulfone groups is 1. The molecule has 0 aliphatic heterocycles. The Morgan fingerprint density at radius 2 is 1.59 bits per heavy atom. The summed E-state index contributed by atoms with van der Waals surface area (Å²) in [6, 6.07) is 21.2. The average Bonchev–Trinajstić information content (AvgIpc) is 2.79. The maximum absolute atomic E-state index is 13.3. The minimum atomic E-state index is -4.05. The number of nitrogens with one attached hydrogen (secondary N) is 1. The summed E-state index contributed by atoms with van der Waals surface area (Å²) in [7, 11) is -4.05. The van der Waals surface area contributed by atoms with Crippen LogP contribution in [0.3, 0.4) is 0 Å². The molecule has 1 aromatic heterocycles. The van der Waals surface area contributed by atoms with Crippen LogP contribution in [-0.4, -0.2) is 18.4 Å². The summed E-state index contributed by atoms with van der Waals surface area (Å²) in [6.45, 7) is 2.10. The van der Waals surface area contributed by atoms with Crippen molar-refractivity contribution in [2.75, 3.05) is 5.32 Å². The maximum Gasteiger partial charge on any atom is 0.200 e. The number of fused-ring (bicyclic) bond motifs is 1. The Labute approximate surface area is 185 Å². The fourth-order valence-electron chi connectivity index (χ4n) is 3.26. The van der Waals surface area contributed by atoms with Crippen molar-refractivity contribution in [3.05, 3.63) is 95.4 Å². The number of hydrogen-bond acceptors (Lipinski definition) is 6. The molecule has 0 spiro atoms. The average molecular weight is 447 g/mol. The number of rotatable bonds is 6. The van der Waals surface area contributed by atoms with Crippen molar-refractivity contribution in [3.63, 3.8) is 0 Å². The third kappa shape index (κ3) is 4.29. The molecule has 0 bridgehead atoms. The first kappa shape index (κ1) is 21.4. The predicted molar refractivity (Wildman–Crippen MR) is 120 cm³/mol. The van der Waals surface area contributed by atoms with Crippen molar-refractivity contribution in [2.24, 2.45) is 0 Å². The molecule has 1 atom stereocenters. The van der Waals surface area contributed by atoms with Crippen molar-refractivity contribution >= 4 is 26.7 Å². The topological polar surface area (TPSA) is 95.7 Å². The standard InChI is InChI=1S/C24H19FN4O2S/c1-16-6-12-19(13-7-16)32(30,31)22(14-26)23-24(27-15-17-8-10-18(25)11-9-17)29-21-5-3-2-4-20(21)28-23/h2-13,22H,15H2,1H3,(H,27,29)/t22-/m1/s1. The van der Waals surface area contributed by atoms with Crippen LogP contribution in [0.5, 0.6) is 0 Å². The summed E-state index contributed by atoms with van der Waals surface area (Å²) in [5, 5.41) is 11.4. The Balaban J connectivity index is 1.79. The van der Waals surface area contributed by atoms with Crippen LogP contribution in [0.25, 0.3) is 11.0 Å². The van der Waals surface area contributed by atoms with Gasteiger partial charge in [0.25, 0.3) is 0 Å². The van der Waals surface area contributed by atoms with Gasteiger partial charge in [-0.1, -0.05) is 42.0 Å². The van der Waals surface area contributed by atoms with Gasteiger partial charge in [-0.3, -0.25) is 0 Å². The first-order valence-corrected chi connectivity index (χ1v) is 11.4. The second kappa shape index (κ2) is 8.73. The molecule has 1 N–H and O–H groups in total. The lowest BCUT2D eigenvalue weighted by atomic mass is 10.2. The summed E-state index contributed by atoms with van der Waals surface area (Å²) in [5.41, 5.74) is 2.73. The normalized spacial score (nSPS) is 12.3. The predicted octanol–water partition coefficient (Wildman–Crippen LogP) is 4.73. The van der Waals surface area contributed by atoms with Gasteiger partial charge in [0.15, 0.2) is 11.1 Å². The maximum atomic E-state index is 13.3. The van der Waals surface area contributed by atoms with E-state index in [1.165, 1.54) is 24.3 Å². The zero-order chi connectivity index (χ0) is 22.7. The lowest BCUT2D eigenvalue weighted by Gasteiger charge is -2.16. The smallest absolute Gasteiger partial charge is 0.200 e. The lowest BCUT2D eigenvalue weighted by molar-refractivity contribution is 0.590. The highest BCUT2D eigenvalue weighted by molar-refractivity contribution is 7.92. The van der Waals surface area contributed by atoms with E-state index in [9.17, 15) is 18.1 Å². The van der Waals surface area contributed by atoms with Gasteiger partial charge in [-0.15, -0.1) is 0 Å². The van der Waals surface area contributed by atoms with E-state index >= 15 is 0 Å². The third-order valence-corrected chi connectivity index (χ3v) is 6.87. The molecule has 0 amide bonds. The van der Waals surface area contributed by atoms with Crippen molar-refractivity contribution in [1.82, 2.24) is 9.97 Å². The number of aryl methyl sites for hydroxylation is 1. The highest BCUT2D eigenvalue weighted by Crippen LogP contribution is 2.32. The Morgan fingerprint density at radius 1 is 0.969 bits per heavy atom. The number of anilines is 1. The molecular formula is C24H19FN4O2S. The van der Waals surface area contributed by atoms with Gasteiger partial charge in [-0.2, -0.15) is 5.26 Å². The van der Waals surface area contributed by atoms with E-state index in [-0.39, 0.29) is 28.8 Å². The number of para-hydroxylation sites is 2. The molecular weight excluding hydrogens is 427 g/mol.